The second-order valence-corrected chi connectivity index (χ2v) is 5.49. The quantitative estimate of drug-likeness (QED) is 0.881. The summed E-state index contributed by atoms with van der Waals surface area (Å²) in [6.07, 6.45) is 3.10. The molecule has 0 aliphatic carbocycles. The summed E-state index contributed by atoms with van der Waals surface area (Å²) in [5, 5.41) is 22.6. The van der Waals surface area contributed by atoms with Crippen LogP contribution in [-0.2, 0) is 0 Å². The lowest BCUT2D eigenvalue weighted by atomic mass is 9.99. The van der Waals surface area contributed by atoms with E-state index >= 15 is 0 Å². The van der Waals surface area contributed by atoms with E-state index in [1.165, 1.54) is 29.2 Å². The Morgan fingerprint density at radius 1 is 1.48 bits per heavy atom. The van der Waals surface area contributed by atoms with Crippen LogP contribution in [0.2, 0.25) is 0 Å². The van der Waals surface area contributed by atoms with Gasteiger partial charge in [-0.1, -0.05) is 0 Å². The fourth-order valence-corrected chi connectivity index (χ4v) is 2.62. The molecule has 1 aliphatic rings. The van der Waals surface area contributed by atoms with Crippen molar-refractivity contribution >= 4 is 11.7 Å². The summed E-state index contributed by atoms with van der Waals surface area (Å²) in [6, 6.07) is 3.86. The Hall–Kier alpha value is -2.55. The Balaban J connectivity index is 1.74. The summed E-state index contributed by atoms with van der Waals surface area (Å²) in [5.74, 6) is -0.460. The van der Waals surface area contributed by atoms with E-state index in [9.17, 15) is 14.3 Å². The lowest BCUT2D eigenvalue weighted by molar-refractivity contribution is 0.136. The number of carbonyl (C=O) groups is 1. The molecule has 2 N–H and O–H groups in total. The van der Waals surface area contributed by atoms with Crippen molar-refractivity contribution < 1.29 is 14.3 Å². The van der Waals surface area contributed by atoms with E-state index in [0.717, 1.165) is 12.8 Å². The van der Waals surface area contributed by atoms with Crippen LogP contribution in [0.1, 0.15) is 12.8 Å². The maximum atomic E-state index is 13.9. The zero-order valence-corrected chi connectivity index (χ0v) is 12.4. The predicted molar refractivity (Wildman–Crippen MR) is 79.5 cm³/mol. The minimum Gasteiger partial charge on any atom is -0.396 e. The van der Waals surface area contributed by atoms with Gasteiger partial charge in [-0.15, -0.1) is 5.10 Å². The highest BCUT2D eigenvalue weighted by Crippen LogP contribution is 2.21. The minimum atomic E-state index is -0.536. The Morgan fingerprint density at radius 3 is 3.09 bits per heavy atom. The zero-order valence-electron chi connectivity index (χ0n) is 12.4. The third-order valence-electron chi connectivity index (χ3n) is 3.87. The van der Waals surface area contributed by atoms with Gasteiger partial charge in [0.15, 0.2) is 0 Å². The molecule has 8 nitrogen and oxygen atoms in total. The van der Waals surface area contributed by atoms with E-state index in [-0.39, 0.29) is 24.2 Å². The van der Waals surface area contributed by atoms with Crippen LogP contribution in [0.15, 0.2) is 24.5 Å². The third-order valence-corrected chi connectivity index (χ3v) is 3.87. The van der Waals surface area contributed by atoms with Crippen LogP contribution in [-0.4, -0.2) is 55.9 Å². The average Bonchev–Trinajstić information content (AvgIpc) is 3.11. The van der Waals surface area contributed by atoms with Gasteiger partial charge in [0.05, 0.1) is 11.4 Å². The first-order valence-electron chi connectivity index (χ1n) is 7.37. The van der Waals surface area contributed by atoms with E-state index in [0.29, 0.717) is 18.8 Å². The second-order valence-electron chi connectivity index (χ2n) is 5.49. The summed E-state index contributed by atoms with van der Waals surface area (Å²) < 4.78 is 15.3. The zero-order chi connectivity index (χ0) is 16.2. The van der Waals surface area contributed by atoms with Crippen molar-refractivity contribution in [1.82, 2.24) is 25.1 Å². The van der Waals surface area contributed by atoms with Gasteiger partial charge in [0.1, 0.15) is 12.1 Å². The number of urea groups is 1. The van der Waals surface area contributed by atoms with Gasteiger partial charge in [0, 0.05) is 19.7 Å². The second kappa shape index (κ2) is 6.69. The van der Waals surface area contributed by atoms with Crippen LogP contribution < -0.4 is 5.32 Å². The Kier molecular flexibility index (Phi) is 4.47. The highest BCUT2D eigenvalue weighted by Gasteiger charge is 2.23. The van der Waals surface area contributed by atoms with Crippen LogP contribution in [0.3, 0.4) is 0 Å². The number of tetrazole rings is 1. The maximum Gasteiger partial charge on any atom is 0.321 e. The first-order valence-corrected chi connectivity index (χ1v) is 7.37. The molecule has 2 aromatic rings. The molecular weight excluding hydrogens is 303 g/mol. The van der Waals surface area contributed by atoms with Gasteiger partial charge >= 0.3 is 6.03 Å². The lowest BCUT2D eigenvalue weighted by Gasteiger charge is -2.31. The Morgan fingerprint density at radius 2 is 2.35 bits per heavy atom. The predicted octanol–water partition coefficient (Wildman–Crippen LogP) is 1.04. The standard InChI is InChI=1S/C14H17FN6O2/c15-12-4-3-11(21-9-16-18-19-21)6-13(12)17-14(23)20-5-1-2-10(7-20)8-22/h3-4,6,9-10,22H,1-2,5,7-8H2,(H,17,23)/t10-/m1/s1. The highest BCUT2D eigenvalue weighted by molar-refractivity contribution is 5.89. The summed E-state index contributed by atoms with van der Waals surface area (Å²) in [7, 11) is 0. The normalized spacial score (nSPS) is 18.0. The molecule has 1 aliphatic heterocycles. The van der Waals surface area contributed by atoms with Gasteiger partial charge in [-0.3, -0.25) is 0 Å². The van der Waals surface area contributed by atoms with Crippen LogP contribution in [0.5, 0.6) is 0 Å². The molecule has 9 heteroatoms. The minimum absolute atomic E-state index is 0.0485. The van der Waals surface area contributed by atoms with E-state index in [4.69, 9.17) is 0 Å². The Labute approximate surface area is 131 Å². The first-order chi connectivity index (χ1) is 11.2. The van der Waals surface area contributed by atoms with Gasteiger partial charge in [-0.05, 0) is 47.4 Å². The highest BCUT2D eigenvalue weighted by atomic mass is 19.1. The van der Waals surface area contributed by atoms with Gasteiger partial charge < -0.3 is 15.3 Å². The van der Waals surface area contributed by atoms with Crippen molar-refractivity contribution in [2.45, 2.75) is 12.8 Å². The van der Waals surface area contributed by atoms with Gasteiger partial charge in [-0.2, -0.15) is 0 Å². The largest absolute Gasteiger partial charge is 0.396 e. The SMILES string of the molecule is O=C(Nc1cc(-n2cnnn2)ccc1F)N1CCC[C@@H](CO)C1. The molecule has 1 fully saturated rings. The van der Waals surface area contributed by atoms with Crippen molar-refractivity contribution in [3.05, 3.63) is 30.3 Å². The van der Waals surface area contributed by atoms with Crippen LogP contribution in [0, 0.1) is 11.7 Å². The number of benzene rings is 1. The molecule has 0 spiro atoms. The number of anilines is 1. The van der Waals surface area contributed by atoms with Crippen LogP contribution in [0.4, 0.5) is 14.9 Å². The van der Waals surface area contributed by atoms with Crippen LogP contribution >= 0.6 is 0 Å². The molecule has 1 atom stereocenters. The number of piperidine rings is 1. The molecule has 0 radical (unpaired) electrons. The fourth-order valence-electron chi connectivity index (χ4n) is 2.62. The number of amides is 2. The average molecular weight is 320 g/mol. The van der Waals surface area contributed by atoms with E-state index in [2.05, 4.69) is 20.8 Å². The van der Waals surface area contributed by atoms with Gasteiger partial charge in [0.25, 0.3) is 0 Å². The molecule has 2 heterocycles. The number of nitrogens with one attached hydrogen (secondary N) is 1. The van der Waals surface area contributed by atoms with Crippen molar-refractivity contribution in [1.29, 1.82) is 0 Å². The van der Waals surface area contributed by atoms with Crippen LogP contribution in [0.25, 0.3) is 5.69 Å². The van der Waals surface area contributed by atoms with Gasteiger partial charge in [0.2, 0.25) is 0 Å². The molecule has 0 saturated carbocycles. The maximum absolute atomic E-state index is 13.9. The fraction of sp³-hybridized carbons (Fsp3) is 0.429. The number of halogens is 1. The smallest absolute Gasteiger partial charge is 0.321 e. The van der Waals surface area contributed by atoms with Crippen molar-refractivity contribution in [3.63, 3.8) is 0 Å². The number of aliphatic hydroxyl groups is 1. The molecule has 1 aromatic carbocycles. The number of hydrogen-bond acceptors (Lipinski definition) is 5. The topological polar surface area (TPSA) is 96.2 Å². The Bertz CT molecular complexity index is 678. The molecule has 2 amide bonds. The molecule has 1 saturated heterocycles. The number of hydrogen-bond donors (Lipinski definition) is 2. The summed E-state index contributed by atoms with van der Waals surface area (Å²) in [4.78, 5) is 13.9. The summed E-state index contributed by atoms with van der Waals surface area (Å²) in [5.41, 5.74) is 0.604. The number of nitrogens with zero attached hydrogens (tertiary/aromatic N) is 5. The molecular formula is C14H17FN6O2. The van der Waals surface area contributed by atoms with Crippen molar-refractivity contribution in [3.8, 4) is 5.69 Å². The molecule has 0 bridgehead atoms. The molecule has 1 aromatic heterocycles. The summed E-state index contributed by atoms with van der Waals surface area (Å²) in [6.45, 7) is 1.11. The monoisotopic (exact) mass is 320 g/mol. The first kappa shape index (κ1) is 15.3. The molecule has 122 valence electrons. The number of aromatic nitrogens is 4. The van der Waals surface area contributed by atoms with Crippen molar-refractivity contribution in [2.75, 3.05) is 25.0 Å². The molecule has 3 rings (SSSR count). The van der Waals surface area contributed by atoms with E-state index in [1.807, 2.05) is 0 Å². The molecule has 23 heavy (non-hydrogen) atoms. The third kappa shape index (κ3) is 3.45. The molecule has 0 unspecified atom stereocenters. The lowest BCUT2D eigenvalue weighted by Crippen LogP contribution is -2.43. The van der Waals surface area contributed by atoms with Crippen molar-refractivity contribution in [2.24, 2.45) is 5.92 Å². The number of rotatable bonds is 3. The van der Waals surface area contributed by atoms with Gasteiger partial charge in [-0.25, -0.2) is 13.9 Å². The number of aliphatic hydroxyl groups excluding tert-OH is 1. The number of likely N-dealkylation sites (tertiary alicyclic amines) is 1. The van der Waals surface area contributed by atoms with E-state index < -0.39 is 5.82 Å². The summed E-state index contributed by atoms with van der Waals surface area (Å²) >= 11 is 0. The number of carbonyl (C=O) groups excluding carboxylic acids is 1. The van der Waals surface area contributed by atoms with E-state index in [1.54, 1.807) is 4.90 Å².